The summed E-state index contributed by atoms with van der Waals surface area (Å²) in [5.41, 5.74) is 1.24. The first-order chi connectivity index (χ1) is 13.3. The topological polar surface area (TPSA) is 50.6 Å². The first kappa shape index (κ1) is 17.3. The molecule has 4 rings (SSSR count). The van der Waals surface area contributed by atoms with E-state index in [4.69, 9.17) is 4.74 Å². The van der Waals surface area contributed by atoms with Crippen molar-refractivity contribution in [2.75, 3.05) is 26.2 Å². The molecule has 27 heavy (non-hydrogen) atoms. The highest BCUT2D eigenvalue weighted by molar-refractivity contribution is 5.76. The van der Waals surface area contributed by atoms with Crippen molar-refractivity contribution in [3.8, 4) is 11.5 Å². The summed E-state index contributed by atoms with van der Waals surface area (Å²) in [5, 5.41) is 0. The number of piperazine rings is 1. The van der Waals surface area contributed by atoms with Gasteiger partial charge in [0, 0.05) is 45.1 Å². The van der Waals surface area contributed by atoms with Gasteiger partial charge in [0.1, 0.15) is 17.8 Å². The smallest absolute Gasteiger partial charge is 0.329 e. The van der Waals surface area contributed by atoms with Crippen molar-refractivity contribution >= 4 is 6.03 Å². The van der Waals surface area contributed by atoms with Crippen LogP contribution in [0.4, 0.5) is 4.79 Å². The van der Waals surface area contributed by atoms with E-state index in [1.165, 1.54) is 10.1 Å². The average molecular weight is 362 g/mol. The predicted molar refractivity (Wildman–Crippen MR) is 103 cm³/mol. The van der Waals surface area contributed by atoms with Crippen molar-refractivity contribution in [2.45, 2.75) is 6.54 Å². The number of hydrogen-bond donors (Lipinski definition) is 0. The third-order valence-corrected chi connectivity index (χ3v) is 4.68. The van der Waals surface area contributed by atoms with Gasteiger partial charge >= 0.3 is 6.03 Å². The summed E-state index contributed by atoms with van der Waals surface area (Å²) >= 11 is 0. The van der Waals surface area contributed by atoms with Gasteiger partial charge in [0.05, 0.1) is 0 Å². The largest absolute Gasteiger partial charge is 0.457 e. The van der Waals surface area contributed by atoms with Crippen molar-refractivity contribution in [2.24, 2.45) is 0 Å². The Morgan fingerprint density at radius 2 is 1.63 bits per heavy atom. The van der Waals surface area contributed by atoms with Crippen molar-refractivity contribution in [1.82, 2.24) is 19.4 Å². The number of rotatable bonds is 4. The number of amides is 1. The molecular weight excluding hydrogens is 340 g/mol. The number of benzene rings is 2. The summed E-state index contributed by atoms with van der Waals surface area (Å²) in [6, 6.07) is 18.0. The molecule has 1 aliphatic heterocycles. The molecule has 1 aliphatic rings. The van der Waals surface area contributed by atoms with E-state index in [1.54, 1.807) is 18.7 Å². The Morgan fingerprint density at radius 1 is 0.926 bits per heavy atom. The Kier molecular flexibility index (Phi) is 5.16. The van der Waals surface area contributed by atoms with Crippen LogP contribution in [0.15, 0.2) is 73.3 Å². The molecule has 0 spiro atoms. The molecule has 0 bridgehead atoms. The van der Waals surface area contributed by atoms with Gasteiger partial charge in [0.15, 0.2) is 0 Å². The van der Waals surface area contributed by atoms with Crippen LogP contribution in [0.3, 0.4) is 0 Å². The van der Waals surface area contributed by atoms with Crippen LogP contribution < -0.4 is 4.74 Å². The minimum Gasteiger partial charge on any atom is -0.457 e. The average Bonchev–Trinajstić information content (AvgIpc) is 3.25. The lowest BCUT2D eigenvalue weighted by atomic mass is 10.2. The van der Waals surface area contributed by atoms with Gasteiger partial charge < -0.3 is 9.64 Å². The number of hydrogen-bond acceptors (Lipinski definition) is 4. The molecule has 138 valence electrons. The summed E-state index contributed by atoms with van der Waals surface area (Å²) in [6.45, 7) is 4.06. The van der Waals surface area contributed by atoms with Crippen molar-refractivity contribution in [3.05, 3.63) is 78.9 Å². The molecule has 0 aliphatic carbocycles. The fraction of sp³-hybridized carbons (Fsp3) is 0.238. The fourth-order valence-corrected chi connectivity index (χ4v) is 3.18. The molecule has 0 saturated carbocycles. The molecular formula is C21H22N4O2. The molecule has 6 heteroatoms. The Labute approximate surface area is 158 Å². The van der Waals surface area contributed by atoms with E-state index in [9.17, 15) is 4.79 Å². The van der Waals surface area contributed by atoms with Gasteiger partial charge in [-0.25, -0.2) is 9.78 Å². The van der Waals surface area contributed by atoms with Crippen LogP contribution in [-0.4, -0.2) is 51.6 Å². The van der Waals surface area contributed by atoms with E-state index < -0.39 is 0 Å². The molecule has 2 aromatic carbocycles. The Morgan fingerprint density at radius 3 is 2.30 bits per heavy atom. The first-order valence-electron chi connectivity index (χ1n) is 9.09. The summed E-state index contributed by atoms with van der Waals surface area (Å²) in [7, 11) is 0. The third-order valence-electron chi connectivity index (χ3n) is 4.68. The van der Waals surface area contributed by atoms with E-state index in [0.717, 1.165) is 44.2 Å². The lowest BCUT2D eigenvalue weighted by Gasteiger charge is -2.34. The van der Waals surface area contributed by atoms with Gasteiger partial charge in [-0.15, -0.1) is 0 Å². The molecule has 1 fully saturated rings. The molecule has 0 radical (unpaired) electrons. The minimum atomic E-state index is -0.00503. The second-order valence-electron chi connectivity index (χ2n) is 6.57. The first-order valence-corrected chi connectivity index (χ1v) is 9.09. The molecule has 3 aromatic rings. The Hall–Kier alpha value is -3.12. The quantitative estimate of drug-likeness (QED) is 0.713. The van der Waals surface area contributed by atoms with Crippen LogP contribution in [-0.2, 0) is 6.54 Å². The normalized spacial score (nSPS) is 14.9. The predicted octanol–water partition coefficient (Wildman–Crippen LogP) is 3.46. The summed E-state index contributed by atoms with van der Waals surface area (Å²) < 4.78 is 7.36. The number of para-hydroxylation sites is 1. The van der Waals surface area contributed by atoms with Crippen LogP contribution in [0, 0.1) is 0 Å². The van der Waals surface area contributed by atoms with E-state index in [-0.39, 0.29) is 6.03 Å². The zero-order valence-corrected chi connectivity index (χ0v) is 15.1. The second-order valence-corrected chi connectivity index (χ2v) is 6.57. The van der Waals surface area contributed by atoms with Gasteiger partial charge in [0.2, 0.25) is 0 Å². The van der Waals surface area contributed by atoms with Gasteiger partial charge in [-0.05, 0) is 29.8 Å². The van der Waals surface area contributed by atoms with Crippen molar-refractivity contribution in [1.29, 1.82) is 0 Å². The molecule has 1 amide bonds. The molecule has 6 nitrogen and oxygen atoms in total. The van der Waals surface area contributed by atoms with Crippen LogP contribution >= 0.6 is 0 Å². The van der Waals surface area contributed by atoms with Crippen molar-refractivity contribution in [3.63, 3.8) is 0 Å². The Balaban J connectivity index is 1.28. The highest BCUT2D eigenvalue weighted by Gasteiger charge is 2.21. The number of ether oxygens (including phenoxy) is 1. The lowest BCUT2D eigenvalue weighted by molar-refractivity contribution is 0.136. The van der Waals surface area contributed by atoms with Crippen LogP contribution in [0.1, 0.15) is 5.56 Å². The number of aromatic nitrogens is 2. The third kappa shape index (κ3) is 4.35. The zero-order chi connectivity index (χ0) is 18.5. The number of nitrogens with zero attached hydrogens (tertiary/aromatic N) is 4. The van der Waals surface area contributed by atoms with E-state index in [0.29, 0.717) is 0 Å². The lowest BCUT2D eigenvalue weighted by Crippen LogP contribution is -2.49. The summed E-state index contributed by atoms with van der Waals surface area (Å²) in [6.07, 6.45) is 4.86. The van der Waals surface area contributed by atoms with Crippen LogP contribution in [0.2, 0.25) is 0 Å². The van der Waals surface area contributed by atoms with Gasteiger partial charge in [-0.2, -0.15) is 0 Å². The second kappa shape index (κ2) is 8.05. The maximum Gasteiger partial charge on any atom is 0.329 e. The standard InChI is InChI=1S/C21H22N4O2/c26-21(25-11-10-22-17-25)24-14-12-23(13-15-24)16-18-6-8-20(9-7-18)27-19-4-2-1-3-5-19/h1-11,17H,12-16H2. The van der Waals surface area contributed by atoms with Gasteiger partial charge in [-0.1, -0.05) is 30.3 Å². The minimum absolute atomic E-state index is 0.00503. The van der Waals surface area contributed by atoms with E-state index in [1.807, 2.05) is 47.4 Å². The van der Waals surface area contributed by atoms with Gasteiger partial charge in [-0.3, -0.25) is 9.47 Å². The van der Waals surface area contributed by atoms with E-state index >= 15 is 0 Å². The zero-order valence-electron chi connectivity index (χ0n) is 15.1. The number of carbonyl (C=O) groups is 1. The number of carbonyl (C=O) groups excluding carboxylic acids is 1. The molecule has 0 atom stereocenters. The summed E-state index contributed by atoms with van der Waals surface area (Å²) in [5.74, 6) is 1.67. The molecule has 0 unspecified atom stereocenters. The Bertz CT molecular complexity index is 855. The summed E-state index contributed by atoms with van der Waals surface area (Å²) in [4.78, 5) is 20.5. The van der Waals surface area contributed by atoms with E-state index in [2.05, 4.69) is 22.0 Å². The van der Waals surface area contributed by atoms with Gasteiger partial charge in [0.25, 0.3) is 0 Å². The van der Waals surface area contributed by atoms with Crippen LogP contribution in [0.25, 0.3) is 0 Å². The molecule has 2 heterocycles. The number of imidazole rings is 1. The maximum absolute atomic E-state index is 12.3. The monoisotopic (exact) mass is 362 g/mol. The SMILES string of the molecule is O=C(N1CCN(Cc2ccc(Oc3ccccc3)cc2)CC1)n1ccnc1. The molecule has 1 saturated heterocycles. The maximum atomic E-state index is 12.3. The highest BCUT2D eigenvalue weighted by Crippen LogP contribution is 2.21. The van der Waals surface area contributed by atoms with Crippen LogP contribution in [0.5, 0.6) is 11.5 Å². The molecule has 0 N–H and O–H groups in total. The molecule has 1 aromatic heterocycles. The fourth-order valence-electron chi connectivity index (χ4n) is 3.18. The highest BCUT2D eigenvalue weighted by atomic mass is 16.5. The van der Waals surface area contributed by atoms with Crippen molar-refractivity contribution < 1.29 is 9.53 Å².